The second kappa shape index (κ2) is 4.20. The zero-order chi connectivity index (χ0) is 10.8. The Hall–Kier alpha value is -0.840. The van der Waals surface area contributed by atoms with E-state index in [1.165, 1.54) is 0 Å². The Kier molecular flexibility index (Phi) is 2.71. The van der Waals surface area contributed by atoms with Crippen LogP contribution in [-0.4, -0.2) is 25.5 Å². The molecular formula is C12H17NO3. The molecule has 2 saturated heterocycles. The van der Waals surface area contributed by atoms with Crippen LogP contribution in [0.5, 0.6) is 0 Å². The Morgan fingerprint density at radius 3 is 3.12 bits per heavy atom. The van der Waals surface area contributed by atoms with E-state index in [1.54, 1.807) is 6.26 Å². The normalized spacial score (nSPS) is 35.4. The van der Waals surface area contributed by atoms with Crippen molar-refractivity contribution < 1.29 is 13.9 Å². The van der Waals surface area contributed by atoms with Gasteiger partial charge in [0.05, 0.1) is 25.5 Å². The smallest absolute Gasteiger partial charge is 0.143 e. The molecule has 0 radical (unpaired) electrons. The van der Waals surface area contributed by atoms with Gasteiger partial charge in [-0.2, -0.15) is 0 Å². The summed E-state index contributed by atoms with van der Waals surface area (Å²) in [5, 5.41) is 3.53. The van der Waals surface area contributed by atoms with E-state index in [-0.39, 0.29) is 11.8 Å². The van der Waals surface area contributed by atoms with Gasteiger partial charge in [-0.1, -0.05) is 0 Å². The standard InChI is InChI=1S/C12H17NO3/c1-3-11(15-7-1)10-4-8-16-12(13-10)5-2-6-14-9-12/h1,3,7,10,13H,2,4-6,8-9H2. The lowest BCUT2D eigenvalue weighted by atomic mass is 10.00. The molecule has 16 heavy (non-hydrogen) atoms. The van der Waals surface area contributed by atoms with Crippen molar-refractivity contribution in [2.24, 2.45) is 0 Å². The zero-order valence-electron chi connectivity index (χ0n) is 9.28. The Bertz CT molecular complexity index is 325. The number of rotatable bonds is 1. The largest absolute Gasteiger partial charge is 0.468 e. The number of hydrogen-bond acceptors (Lipinski definition) is 4. The molecule has 3 heterocycles. The van der Waals surface area contributed by atoms with E-state index < -0.39 is 0 Å². The van der Waals surface area contributed by atoms with Crippen molar-refractivity contribution in [1.29, 1.82) is 0 Å². The van der Waals surface area contributed by atoms with Crippen molar-refractivity contribution in [3.63, 3.8) is 0 Å². The summed E-state index contributed by atoms with van der Waals surface area (Å²) in [5.41, 5.74) is -0.284. The van der Waals surface area contributed by atoms with Gasteiger partial charge in [-0.15, -0.1) is 0 Å². The highest BCUT2D eigenvalue weighted by molar-refractivity contribution is 5.07. The molecule has 3 rings (SSSR count). The number of furan rings is 1. The molecule has 1 N–H and O–H groups in total. The molecule has 2 fully saturated rings. The molecule has 0 aromatic carbocycles. The predicted molar refractivity (Wildman–Crippen MR) is 57.9 cm³/mol. The van der Waals surface area contributed by atoms with Crippen LogP contribution in [0.1, 0.15) is 31.1 Å². The summed E-state index contributed by atoms with van der Waals surface area (Å²) in [6, 6.07) is 4.20. The van der Waals surface area contributed by atoms with Gasteiger partial charge in [0.2, 0.25) is 0 Å². The first-order valence-corrected chi connectivity index (χ1v) is 5.91. The lowest BCUT2D eigenvalue weighted by molar-refractivity contribution is -0.175. The Balaban J connectivity index is 1.74. The Morgan fingerprint density at radius 2 is 2.38 bits per heavy atom. The van der Waals surface area contributed by atoms with E-state index in [0.29, 0.717) is 6.61 Å². The van der Waals surface area contributed by atoms with Gasteiger partial charge in [0, 0.05) is 6.61 Å². The highest BCUT2D eigenvalue weighted by Crippen LogP contribution is 2.31. The molecule has 2 atom stereocenters. The van der Waals surface area contributed by atoms with Crippen LogP contribution in [-0.2, 0) is 9.47 Å². The Labute approximate surface area is 94.9 Å². The second-order valence-corrected chi connectivity index (χ2v) is 4.50. The van der Waals surface area contributed by atoms with Crippen molar-refractivity contribution in [3.8, 4) is 0 Å². The third-order valence-corrected chi connectivity index (χ3v) is 3.31. The molecule has 2 aliphatic rings. The fourth-order valence-corrected chi connectivity index (χ4v) is 2.50. The number of hydrogen-bond donors (Lipinski definition) is 1. The summed E-state index contributed by atoms with van der Waals surface area (Å²) >= 11 is 0. The van der Waals surface area contributed by atoms with Crippen molar-refractivity contribution in [2.75, 3.05) is 19.8 Å². The Morgan fingerprint density at radius 1 is 1.38 bits per heavy atom. The van der Waals surface area contributed by atoms with Crippen molar-refractivity contribution >= 4 is 0 Å². The second-order valence-electron chi connectivity index (χ2n) is 4.50. The van der Waals surface area contributed by atoms with Crippen LogP contribution in [0.2, 0.25) is 0 Å². The van der Waals surface area contributed by atoms with Gasteiger partial charge in [0.1, 0.15) is 11.5 Å². The van der Waals surface area contributed by atoms with Crippen LogP contribution in [0, 0.1) is 0 Å². The summed E-state index contributed by atoms with van der Waals surface area (Å²) in [6.07, 6.45) is 4.74. The van der Waals surface area contributed by atoms with E-state index in [4.69, 9.17) is 13.9 Å². The first-order valence-electron chi connectivity index (χ1n) is 5.91. The first-order chi connectivity index (χ1) is 7.88. The van der Waals surface area contributed by atoms with Crippen LogP contribution < -0.4 is 5.32 Å². The molecule has 4 heteroatoms. The number of ether oxygens (including phenoxy) is 2. The monoisotopic (exact) mass is 223 g/mol. The van der Waals surface area contributed by atoms with Gasteiger partial charge in [0.25, 0.3) is 0 Å². The van der Waals surface area contributed by atoms with Gasteiger partial charge in [-0.05, 0) is 31.4 Å². The molecule has 2 aliphatic heterocycles. The molecule has 1 aromatic rings. The summed E-state index contributed by atoms with van der Waals surface area (Å²) in [7, 11) is 0. The minimum atomic E-state index is -0.284. The average molecular weight is 223 g/mol. The van der Waals surface area contributed by atoms with E-state index in [2.05, 4.69) is 5.32 Å². The molecule has 1 aromatic heterocycles. The van der Waals surface area contributed by atoms with Gasteiger partial charge >= 0.3 is 0 Å². The molecule has 88 valence electrons. The minimum absolute atomic E-state index is 0.255. The summed E-state index contributed by atoms with van der Waals surface area (Å²) < 4.78 is 16.8. The molecule has 0 amide bonds. The third kappa shape index (κ3) is 1.88. The molecular weight excluding hydrogens is 206 g/mol. The quantitative estimate of drug-likeness (QED) is 0.789. The van der Waals surface area contributed by atoms with Gasteiger partial charge < -0.3 is 13.9 Å². The molecule has 2 unspecified atom stereocenters. The van der Waals surface area contributed by atoms with E-state index in [0.717, 1.165) is 38.2 Å². The predicted octanol–water partition coefficient (Wildman–Crippen LogP) is 1.84. The van der Waals surface area contributed by atoms with Crippen molar-refractivity contribution in [2.45, 2.75) is 31.0 Å². The van der Waals surface area contributed by atoms with Crippen molar-refractivity contribution in [1.82, 2.24) is 5.32 Å². The average Bonchev–Trinajstić information content (AvgIpc) is 2.83. The summed E-state index contributed by atoms with van der Waals surface area (Å²) in [4.78, 5) is 0. The lowest BCUT2D eigenvalue weighted by Gasteiger charge is -2.43. The molecule has 1 spiro atoms. The van der Waals surface area contributed by atoms with E-state index in [9.17, 15) is 0 Å². The fraction of sp³-hybridized carbons (Fsp3) is 0.667. The maximum atomic E-state index is 5.86. The summed E-state index contributed by atoms with van der Waals surface area (Å²) in [5.74, 6) is 0.994. The lowest BCUT2D eigenvalue weighted by Crippen LogP contribution is -2.57. The highest BCUT2D eigenvalue weighted by atomic mass is 16.6. The van der Waals surface area contributed by atoms with Crippen LogP contribution >= 0.6 is 0 Å². The van der Waals surface area contributed by atoms with Gasteiger partial charge in [-0.3, -0.25) is 5.32 Å². The van der Waals surface area contributed by atoms with Crippen LogP contribution in [0.4, 0.5) is 0 Å². The van der Waals surface area contributed by atoms with E-state index in [1.807, 2.05) is 12.1 Å². The maximum absolute atomic E-state index is 5.86. The summed E-state index contributed by atoms with van der Waals surface area (Å²) in [6.45, 7) is 2.25. The topological polar surface area (TPSA) is 43.6 Å². The highest BCUT2D eigenvalue weighted by Gasteiger charge is 2.39. The molecule has 4 nitrogen and oxygen atoms in total. The first kappa shape index (κ1) is 10.3. The molecule has 0 bridgehead atoms. The number of nitrogens with one attached hydrogen (secondary N) is 1. The fourth-order valence-electron chi connectivity index (χ4n) is 2.50. The van der Waals surface area contributed by atoms with Gasteiger partial charge in [0.15, 0.2) is 0 Å². The van der Waals surface area contributed by atoms with Crippen LogP contribution in [0.15, 0.2) is 22.8 Å². The van der Waals surface area contributed by atoms with E-state index >= 15 is 0 Å². The van der Waals surface area contributed by atoms with Crippen molar-refractivity contribution in [3.05, 3.63) is 24.2 Å². The molecule has 0 aliphatic carbocycles. The zero-order valence-corrected chi connectivity index (χ0v) is 9.28. The maximum Gasteiger partial charge on any atom is 0.143 e. The van der Waals surface area contributed by atoms with Crippen LogP contribution in [0.3, 0.4) is 0 Å². The third-order valence-electron chi connectivity index (χ3n) is 3.31. The molecule has 0 saturated carbocycles. The van der Waals surface area contributed by atoms with Gasteiger partial charge in [-0.25, -0.2) is 0 Å². The SMILES string of the molecule is c1coc(C2CCOC3(CCCOC3)N2)c1. The van der Waals surface area contributed by atoms with Crippen LogP contribution in [0.25, 0.3) is 0 Å². The minimum Gasteiger partial charge on any atom is -0.468 e.